The Labute approximate surface area is 94.3 Å². The Morgan fingerprint density at radius 1 is 1.50 bits per heavy atom. The van der Waals surface area contributed by atoms with Crippen LogP contribution in [-0.4, -0.2) is 28.2 Å². The van der Waals surface area contributed by atoms with E-state index in [0.29, 0.717) is 0 Å². The van der Waals surface area contributed by atoms with E-state index < -0.39 is 28.5 Å². The van der Waals surface area contributed by atoms with Crippen LogP contribution in [0.25, 0.3) is 0 Å². The van der Waals surface area contributed by atoms with Crippen molar-refractivity contribution in [1.82, 2.24) is 0 Å². The SMILES string of the molecule is C=CC1(N)CC1(C(=O)O)C(=O)OC(C)(C)C. The minimum Gasteiger partial charge on any atom is -0.480 e. The summed E-state index contributed by atoms with van der Waals surface area (Å²) in [5.74, 6) is -2.06. The van der Waals surface area contributed by atoms with Crippen LogP contribution in [-0.2, 0) is 14.3 Å². The number of carbonyl (C=O) groups is 2. The second kappa shape index (κ2) is 3.31. The number of esters is 1. The Morgan fingerprint density at radius 2 is 2.00 bits per heavy atom. The molecule has 0 heterocycles. The lowest BCUT2D eigenvalue weighted by molar-refractivity contribution is -0.169. The highest BCUT2D eigenvalue weighted by Crippen LogP contribution is 2.56. The molecule has 0 saturated heterocycles. The average molecular weight is 227 g/mol. The Hall–Kier alpha value is -1.36. The first-order chi connectivity index (χ1) is 7.09. The molecule has 0 aromatic rings. The van der Waals surface area contributed by atoms with Gasteiger partial charge in [0.05, 0.1) is 5.54 Å². The molecule has 16 heavy (non-hydrogen) atoms. The van der Waals surface area contributed by atoms with Crippen LogP contribution in [0.4, 0.5) is 0 Å². The third-order valence-corrected chi connectivity index (χ3v) is 2.70. The van der Waals surface area contributed by atoms with E-state index in [0.717, 1.165) is 0 Å². The summed E-state index contributed by atoms with van der Waals surface area (Å²) in [6.45, 7) is 8.48. The van der Waals surface area contributed by atoms with Gasteiger partial charge in [0.1, 0.15) is 5.60 Å². The summed E-state index contributed by atoms with van der Waals surface area (Å²) in [4.78, 5) is 23.0. The van der Waals surface area contributed by atoms with Crippen molar-refractivity contribution in [3.63, 3.8) is 0 Å². The van der Waals surface area contributed by atoms with E-state index in [2.05, 4.69) is 6.58 Å². The molecule has 1 aliphatic rings. The normalized spacial score (nSPS) is 33.0. The van der Waals surface area contributed by atoms with E-state index in [4.69, 9.17) is 15.6 Å². The molecule has 0 radical (unpaired) electrons. The Morgan fingerprint density at radius 3 is 2.25 bits per heavy atom. The average Bonchev–Trinajstić information content (AvgIpc) is 2.72. The maximum atomic E-state index is 11.8. The fourth-order valence-corrected chi connectivity index (χ4v) is 1.63. The van der Waals surface area contributed by atoms with E-state index in [9.17, 15) is 9.59 Å². The molecule has 2 unspecified atom stereocenters. The molecule has 0 aliphatic heterocycles. The summed E-state index contributed by atoms with van der Waals surface area (Å²) in [5.41, 5.74) is 2.16. The first-order valence-corrected chi connectivity index (χ1v) is 4.98. The van der Waals surface area contributed by atoms with Gasteiger partial charge in [-0.3, -0.25) is 9.59 Å². The van der Waals surface area contributed by atoms with Crippen LogP contribution >= 0.6 is 0 Å². The molecule has 90 valence electrons. The quantitative estimate of drug-likeness (QED) is 0.420. The standard InChI is InChI=1S/C11H17NO4/c1-5-10(12)6-11(10,7(13)14)8(15)16-9(2,3)4/h5H,1,6,12H2,2-4H3,(H,13,14). The summed E-state index contributed by atoms with van der Waals surface area (Å²) < 4.78 is 5.08. The number of hydrogen-bond donors (Lipinski definition) is 2. The maximum absolute atomic E-state index is 11.8. The molecule has 2 atom stereocenters. The summed E-state index contributed by atoms with van der Waals surface area (Å²) in [6, 6.07) is 0. The zero-order valence-electron chi connectivity index (χ0n) is 9.74. The number of rotatable bonds is 3. The molecule has 1 rings (SSSR count). The minimum atomic E-state index is -1.66. The van der Waals surface area contributed by atoms with Gasteiger partial charge < -0.3 is 15.6 Å². The minimum absolute atomic E-state index is 0.0355. The van der Waals surface area contributed by atoms with Gasteiger partial charge in [0.2, 0.25) is 0 Å². The highest BCUT2D eigenvalue weighted by Gasteiger charge is 2.75. The van der Waals surface area contributed by atoms with E-state index in [1.165, 1.54) is 6.08 Å². The van der Waals surface area contributed by atoms with Gasteiger partial charge in [0.25, 0.3) is 0 Å². The van der Waals surface area contributed by atoms with Crippen LogP contribution in [0.1, 0.15) is 27.2 Å². The lowest BCUT2D eigenvalue weighted by atomic mass is 10.00. The number of nitrogens with two attached hydrogens (primary N) is 1. The highest BCUT2D eigenvalue weighted by molar-refractivity contribution is 6.06. The van der Waals surface area contributed by atoms with Gasteiger partial charge in [0.15, 0.2) is 5.41 Å². The van der Waals surface area contributed by atoms with Crippen molar-refractivity contribution in [2.75, 3.05) is 0 Å². The summed E-state index contributed by atoms with van der Waals surface area (Å²) >= 11 is 0. The van der Waals surface area contributed by atoms with E-state index in [1.807, 2.05) is 0 Å². The van der Waals surface area contributed by atoms with Gasteiger partial charge in [-0.1, -0.05) is 6.08 Å². The maximum Gasteiger partial charge on any atom is 0.326 e. The molecule has 0 aromatic heterocycles. The fraction of sp³-hybridized carbons (Fsp3) is 0.636. The number of aliphatic carboxylic acids is 1. The van der Waals surface area contributed by atoms with Crippen LogP contribution in [0.3, 0.4) is 0 Å². The van der Waals surface area contributed by atoms with E-state index in [1.54, 1.807) is 20.8 Å². The summed E-state index contributed by atoms with van der Waals surface area (Å²) in [5, 5.41) is 9.11. The van der Waals surface area contributed by atoms with Gasteiger partial charge >= 0.3 is 11.9 Å². The lowest BCUT2D eigenvalue weighted by Gasteiger charge is -2.23. The van der Waals surface area contributed by atoms with Crippen LogP contribution in [0.5, 0.6) is 0 Å². The molecular weight excluding hydrogens is 210 g/mol. The van der Waals surface area contributed by atoms with Gasteiger partial charge in [-0.25, -0.2) is 0 Å². The number of carboxylic acid groups (broad SMARTS) is 1. The van der Waals surface area contributed by atoms with Crippen molar-refractivity contribution in [3.05, 3.63) is 12.7 Å². The second-order valence-corrected chi connectivity index (χ2v) is 5.13. The molecular formula is C11H17NO4. The topological polar surface area (TPSA) is 89.6 Å². The molecule has 5 nitrogen and oxygen atoms in total. The molecule has 3 N–H and O–H groups in total. The summed E-state index contributed by atoms with van der Waals surface area (Å²) in [6.07, 6.45) is 1.33. The zero-order chi connectivity index (χ0) is 12.8. The highest BCUT2D eigenvalue weighted by atomic mass is 16.6. The number of hydrogen-bond acceptors (Lipinski definition) is 4. The van der Waals surface area contributed by atoms with Crippen LogP contribution in [0.15, 0.2) is 12.7 Å². The lowest BCUT2D eigenvalue weighted by Crippen LogP contribution is -2.42. The predicted molar refractivity (Wildman–Crippen MR) is 57.6 cm³/mol. The van der Waals surface area contributed by atoms with Crippen molar-refractivity contribution >= 4 is 11.9 Å². The molecule has 0 spiro atoms. The third-order valence-electron chi connectivity index (χ3n) is 2.70. The van der Waals surface area contributed by atoms with Crippen molar-refractivity contribution in [1.29, 1.82) is 0 Å². The largest absolute Gasteiger partial charge is 0.480 e. The van der Waals surface area contributed by atoms with Crippen molar-refractivity contribution in [2.24, 2.45) is 11.1 Å². The molecule has 1 saturated carbocycles. The Balaban J connectivity index is 2.96. The smallest absolute Gasteiger partial charge is 0.326 e. The van der Waals surface area contributed by atoms with E-state index in [-0.39, 0.29) is 6.42 Å². The number of carbonyl (C=O) groups excluding carboxylic acids is 1. The van der Waals surface area contributed by atoms with Crippen LogP contribution in [0.2, 0.25) is 0 Å². The van der Waals surface area contributed by atoms with Gasteiger partial charge in [0, 0.05) is 0 Å². The third kappa shape index (κ3) is 1.71. The van der Waals surface area contributed by atoms with Crippen molar-refractivity contribution in [2.45, 2.75) is 38.3 Å². The number of carboxylic acids is 1. The van der Waals surface area contributed by atoms with Gasteiger partial charge in [-0.15, -0.1) is 6.58 Å². The molecule has 1 fully saturated rings. The molecule has 0 bridgehead atoms. The number of ether oxygens (including phenoxy) is 1. The van der Waals surface area contributed by atoms with Gasteiger partial charge in [-0.2, -0.15) is 0 Å². The van der Waals surface area contributed by atoms with Gasteiger partial charge in [-0.05, 0) is 27.2 Å². The van der Waals surface area contributed by atoms with Crippen LogP contribution < -0.4 is 5.73 Å². The molecule has 0 aromatic carbocycles. The Kier molecular flexibility index (Phi) is 2.63. The molecule has 5 heteroatoms. The van der Waals surface area contributed by atoms with Crippen molar-refractivity contribution < 1.29 is 19.4 Å². The Bertz CT molecular complexity index is 357. The van der Waals surface area contributed by atoms with Crippen molar-refractivity contribution in [3.8, 4) is 0 Å². The monoisotopic (exact) mass is 227 g/mol. The predicted octanol–water partition coefficient (Wildman–Crippen LogP) is 0.686. The first-order valence-electron chi connectivity index (χ1n) is 4.98. The summed E-state index contributed by atoms with van der Waals surface area (Å²) in [7, 11) is 0. The fourth-order valence-electron chi connectivity index (χ4n) is 1.63. The van der Waals surface area contributed by atoms with Crippen LogP contribution in [0, 0.1) is 5.41 Å². The molecule has 0 amide bonds. The second-order valence-electron chi connectivity index (χ2n) is 5.13. The molecule has 1 aliphatic carbocycles. The zero-order valence-corrected chi connectivity index (χ0v) is 9.74. The first kappa shape index (κ1) is 12.7. The van der Waals surface area contributed by atoms with E-state index >= 15 is 0 Å².